The number of carbonyl (C=O) groups is 2. The molecule has 1 aliphatic heterocycles. The lowest BCUT2D eigenvalue weighted by Crippen LogP contribution is -2.41. The van der Waals surface area contributed by atoms with Crippen LogP contribution >= 0.6 is 11.6 Å². The smallest absolute Gasteiger partial charge is 0.329 e. The van der Waals surface area contributed by atoms with Crippen molar-refractivity contribution in [2.45, 2.75) is 18.9 Å². The van der Waals surface area contributed by atoms with Gasteiger partial charge in [-0.3, -0.25) is 9.59 Å². The van der Waals surface area contributed by atoms with Crippen LogP contribution in [0.1, 0.15) is 18.4 Å². The summed E-state index contributed by atoms with van der Waals surface area (Å²) in [4.78, 5) is 23.0. The molecule has 1 fully saturated rings. The average Bonchev–Trinajstić information content (AvgIpc) is 3.01. The van der Waals surface area contributed by atoms with E-state index >= 15 is 0 Å². The second kappa shape index (κ2) is 7.77. The van der Waals surface area contributed by atoms with Crippen LogP contribution in [0.2, 0.25) is 5.02 Å². The Labute approximate surface area is 132 Å². The van der Waals surface area contributed by atoms with Crippen LogP contribution in [-0.4, -0.2) is 42.4 Å². The van der Waals surface area contributed by atoms with Crippen molar-refractivity contribution in [1.29, 1.82) is 0 Å². The van der Waals surface area contributed by atoms with Gasteiger partial charge < -0.3 is 15.2 Å². The SMILES string of the molecule is O=C(NC[C@@H]1CCCO1)C(=O)N/N=C\c1ccc(O)c(Cl)c1. The number of hydrogen-bond acceptors (Lipinski definition) is 5. The molecule has 0 spiro atoms. The van der Waals surface area contributed by atoms with Crippen LogP contribution in [0, 0.1) is 0 Å². The van der Waals surface area contributed by atoms with Crippen molar-refractivity contribution in [1.82, 2.24) is 10.7 Å². The number of phenolic OH excluding ortho intramolecular Hbond substituents is 1. The van der Waals surface area contributed by atoms with Crippen molar-refractivity contribution in [2.75, 3.05) is 13.2 Å². The maximum atomic E-state index is 11.5. The zero-order valence-electron chi connectivity index (χ0n) is 11.7. The van der Waals surface area contributed by atoms with Crippen molar-refractivity contribution in [3.8, 4) is 5.75 Å². The van der Waals surface area contributed by atoms with Gasteiger partial charge in [-0.25, -0.2) is 5.43 Å². The number of carbonyl (C=O) groups excluding carboxylic acids is 2. The molecule has 2 amide bonds. The van der Waals surface area contributed by atoms with Crippen LogP contribution in [0.15, 0.2) is 23.3 Å². The van der Waals surface area contributed by atoms with Gasteiger partial charge in [-0.15, -0.1) is 0 Å². The van der Waals surface area contributed by atoms with Crippen molar-refractivity contribution < 1.29 is 19.4 Å². The number of aromatic hydroxyl groups is 1. The predicted molar refractivity (Wildman–Crippen MR) is 80.8 cm³/mol. The Morgan fingerprint density at radius 2 is 2.27 bits per heavy atom. The molecule has 7 nitrogen and oxygen atoms in total. The maximum Gasteiger partial charge on any atom is 0.329 e. The molecule has 0 aliphatic carbocycles. The van der Waals surface area contributed by atoms with E-state index in [0.29, 0.717) is 18.7 Å². The lowest BCUT2D eigenvalue weighted by Gasteiger charge is -2.09. The lowest BCUT2D eigenvalue weighted by atomic mass is 10.2. The van der Waals surface area contributed by atoms with E-state index in [1.165, 1.54) is 18.3 Å². The van der Waals surface area contributed by atoms with E-state index in [0.717, 1.165) is 12.8 Å². The Morgan fingerprint density at radius 3 is 2.95 bits per heavy atom. The minimum atomic E-state index is -0.862. The standard InChI is InChI=1S/C14H16ClN3O4/c15-11-6-9(3-4-12(11)19)7-17-18-14(21)13(20)16-8-10-2-1-5-22-10/h3-4,6-7,10,19H,1-2,5,8H2,(H,16,20)(H,18,21)/b17-7-/t10-/m0/s1. The molecule has 118 valence electrons. The molecule has 0 saturated carbocycles. The van der Waals surface area contributed by atoms with E-state index in [9.17, 15) is 14.7 Å². The Balaban J connectivity index is 1.77. The minimum absolute atomic E-state index is 0.0283. The fourth-order valence-electron chi connectivity index (χ4n) is 1.91. The Kier molecular flexibility index (Phi) is 5.74. The number of halogens is 1. The predicted octanol–water partition coefficient (Wildman–Crippen LogP) is 0.791. The summed E-state index contributed by atoms with van der Waals surface area (Å²) in [6, 6.07) is 4.44. The normalized spacial score (nSPS) is 17.6. The second-order valence-electron chi connectivity index (χ2n) is 4.76. The number of nitrogens with zero attached hydrogens (tertiary/aromatic N) is 1. The lowest BCUT2D eigenvalue weighted by molar-refractivity contribution is -0.139. The zero-order valence-corrected chi connectivity index (χ0v) is 12.5. The Bertz CT molecular complexity index is 585. The first-order chi connectivity index (χ1) is 10.6. The first kappa shape index (κ1) is 16.3. The van der Waals surface area contributed by atoms with Gasteiger partial charge in [0.2, 0.25) is 0 Å². The maximum absolute atomic E-state index is 11.5. The zero-order chi connectivity index (χ0) is 15.9. The summed E-state index contributed by atoms with van der Waals surface area (Å²) in [6.45, 7) is 0.996. The largest absolute Gasteiger partial charge is 0.506 e. The van der Waals surface area contributed by atoms with E-state index in [2.05, 4.69) is 15.8 Å². The van der Waals surface area contributed by atoms with Gasteiger partial charge in [0.05, 0.1) is 17.3 Å². The monoisotopic (exact) mass is 325 g/mol. The summed E-state index contributed by atoms with van der Waals surface area (Å²) >= 11 is 5.73. The highest BCUT2D eigenvalue weighted by atomic mass is 35.5. The summed E-state index contributed by atoms with van der Waals surface area (Å²) in [5, 5.41) is 15.6. The average molecular weight is 326 g/mol. The molecule has 3 N–H and O–H groups in total. The minimum Gasteiger partial charge on any atom is -0.506 e. The van der Waals surface area contributed by atoms with E-state index < -0.39 is 11.8 Å². The number of benzene rings is 1. The van der Waals surface area contributed by atoms with Gasteiger partial charge in [0.15, 0.2) is 0 Å². The molecule has 8 heteroatoms. The second-order valence-corrected chi connectivity index (χ2v) is 5.16. The molecule has 22 heavy (non-hydrogen) atoms. The molecular formula is C14H16ClN3O4. The first-order valence-corrected chi connectivity index (χ1v) is 7.15. The van der Waals surface area contributed by atoms with Gasteiger partial charge in [-0.1, -0.05) is 11.6 Å². The number of ether oxygens (including phenoxy) is 1. The molecule has 1 aromatic rings. The molecule has 2 rings (SSSR count). The van der Waals surface area contributed by atoms with Crippen LogP contribution in [0.4, 0.5) is 0 Å². The van der Waals surface area contributed by atoms with Crippen molar-refractivity contribution in [3.63, 3.8) is 0 Å². The van der Waals surface area contributed by atoms with E-state index in [1.807, 2.05) is 0 Å². The first-order valence-electron chi connectivity index (χ1n) is 6.77. The fraction of sp³-hybridized carbons (Fsp3) is 0.357. The van der Waals surface area contributed by atoms with Crippen molar-refractivity contribution in [3.05, 3.63) is 28.8 Å². The molecule has 1 atom stereocenters. The van der Waals surface area contributed by atoms with Crippen LogP contribution in [-0.2, 0) is 14.3 Å². The van der Waals surface area contributed by atoms with Gasteiger partial charge in [0.25, 0.3) is 0 Å². The van der Waals surface area contributed by atoms with Gasteiger partial charge in [-0.05, 0) is 36.6 Å². The fourth-order valence-corrected chi connectivity index (χ4v) is 2.10. The molecule has 0 bridgehead atoms. The van der Waals surface area contributed by atoms with Crippen molar-refractivity contribution >= 4 is 29.6 Å². The van der Waals surface area contributed by atoms with Gasteiger partial charge in [0, 0.05) is 13.2 Å². The molecule has 0 unspecified atom stereocenters. The Morgan fingerprint density at radius 1 is 1.45 bits per heavy atom. The van der Waals surface area contributed by atoms with Gasteiger partial charge in [0.1, 0.15) is 5.75 Å². The number of rotatable bonds is 4. The summed E-state index contributed by atoms with van der Waals surface area (Å²) < 4.78 is 5.33. The third-order valence-corrected chi connectivity index (χ3v) is 3.37. The molecule has 0 radical (unpaired) electrons. The van der Waals surface area contributed by atoms with E-state index in [-0.39, 0.29) is 16.9 Å². The topological polar surface area (TPSA) is 100 Å². The molecule has 1 saturated heterocycles. The van der Waals surface area contributed by atoms with Crippen LogP contribution in [0.5, 0.6) is 5.75 Å². The third kappa shape index (κ3) is 4.71. The summed E-state index contributed by atoms with van der Waals surface area (Å²) in [5.41, 5.74) is 2.68. The third-order valence-electron chi connectivity index (χ3n) is 3.07. The van der Waals surface area contributed by atoms with Crippen LogP contribution in [0.25, 0.3) is 0 Å². The van der Waals surface area contributed by atoms with Crippen LogP contribution < -0.4 is 10.7 Å². The number of hydrogen-bond donors (Lipinski definition) is 3. The highest BCUT2D eigenvalue weighted by Crippen LogP contribution is 2.22. The quantitative estimate of drug-likeness (QED) is 0.433. The van der Waals surface area contributed by atoms with E-state index in [4.69, 9.17) is 16.3 Å². The van der Waals surface area contributed by atoms with Crippen LogP contribution in [0.3, 0.4) is 0 Å². The number of nitrogens with one attached hydrogen (secondary N) is 2. The number of hydrazone groups is 1. The highest BCUT2D eigenvalue weighted by Gasteiger charge is 2.18. The number of phenols is 1. The van der Waals surface area contributed by atoms with Crippen molar-refractivity contribution in [2.24, 2.45) is 5.10 Å². The number of amides is 2. The van der Waals surface area contributed by atoms with Gasteiger partial charge >= 0.3 is 11.8 Å². The molecule has 0 aromatic heterocycles. The summed E-state index contributed by atoms with van der Waals surface area (Å²) in [7, 11) is 0. The molecule has 1 aliphatic rings. The molecule has 1 aromatic carbocycles. The Hall–Kier alpha value is -2.12. The summed E-state index contributed by atoms with van der Waals surface area (Å²) in [5.74, 6) is -1.67. The summed E-state index contributed by atoms with van der Waals surface area (Å²) in [6.07, 6.45) is 3.13. The highest BCUT2D eigenvalue weighted by molar-refractivity contribution is 6.35. The molecule has 1 heterocycles. The van der Waals surface area contributed by atoms with Gasteiger partial charge in [-0.2, -0.15) is 5.10 Å². The molecular weight excluding hydrogens is 310 g/mol. The van der Waals surface area contributed by atoms with E-state index in [1.54, 1.807) is 6.07 Å².